The third-order valence-corrected chi connectivity index (χ3v) is 2.91. The van der Waals surface area contributed by atoms with Crippen LogP contribution >= 0.6 is 0 Å². The van der Waals surface area contributed by atoms with Crippen molar-refractivity contribution in [3.8, 4) is 11.8 Å². The molecule has 2 heteroatoms. The van der Waals surface area contributed by atoms with Gasteiger partial charge >= 0.3 is 0 Å². The van der Waals surface area contributed by atoms with Gasteiger partial charge in [-0.2, -0.15) is 0 Å². The lowest BCUT2D eigenvalue weighted by molar-refractivity contribution is 0.0978. The molecule has 1 saturated carbocycles. The topological polar surface area (TPSA) is 23.5 Å². The molecular formula is C12H21NO. The van der Waals surface area contributed by atoms with Crippen molar-refractivity contribution in [2.45, 2.75) is 39.2 Å². The van der Waals surface area contributed by atoms with Crippen LogP contribution in [0, 0.1) is 17.8 Å². The van der Waals surface area contributed by atoms with E-state index in [1.54, 1.807) is 0 Å². The first-order valence-corrected chi connectivity index (χ1v) is 5.55. The number of nitrogens with zero attached hydrogens (tertiary/aromatic N) is 1. The van der Waals surface area contributed by atoms with Gasteiger partial charge in [-0.15, -0.1) is 0 Å². The SMILES string of the molecule is CCN(CC)CC#C[C@@](C)(O)C1CC1. The standard InChI is InChI=1S/C12H21NO/c1-4-13(5-2)10-6-9-12(3,14)11-7-8-11/h11,14H,4-5,7-8,10H2,1-3H3/t12-/m1/s1. The highest BCUT2D eigenvalue weighted by Crippen LogP contribution is 2.38. The second-order valence-corrected chi connectivity index (χ2v) is 4.18. The summed E-state index contributed by atoms with van der Waals surface area (Å²) in [6.07, 6.45) is 2.26. The Labute approximate surface area is 87.3 Å². The molecule has 0 spiro atoms. The molecule has 0 saturated heterocycles. The van der Waals surface area contributed by atoms with Crippen molar-refractivity contribution in [3.05, 3.63) is 0 Å². The van der Waals surface area contributed by atoms with Gasteiger partial charge in [0.2, 0.25) is 0 Å². The van der Waals surface area contributed by atoms with Crippen molar-refractivity contribution in [1.29, 1.82) is 0 Å². The average Bonchev–Trinajstić information content (AvgIpc) is 2.95. The Morgan fingerprint density at radius 1 is 1.36 bits per heavy atom. The van der Waals surface area contributed by atoms with Crippen LogP contribution in [0.25, 0.3) is 0 Å². The van der Waals surface area contributed by atoms with Gasteiger partial charge in [0.1, 0.15) is 5.60 Å². The molecule has 0 aromatic carbocycles. The first kappa shape index (κ1) is 11.6. The minimum absolute atomic E-state index is 0.423. The molecule has 0 aliphatic heterocycles. The molecule has 1 rings (SSSR count). The molecular weight excluding hydrogens is 174 g/mol. The van der Waals surface area contributed by atoms with E-state index in [1.165, 1.54) is 0 Å². The highest BCUT2D eigenvalue weighted by Gasteiger charge is 2.38. The fraction of sp³-hybridized carbons (Fsp3) is 0.833. The quantitative estimate of drug-likeness (QED) is 0.687. The van der Waals surface area contributed by atoms with Crippen LogP contribution in [-0.2, 0) is 0 Å². The Kier molecular flexibility index (Phi) is 3.97. The van der Waals surface area contributed by atoms with Gasteiger partial charge in [-0.05, 0) is 38.8 Å². The van der Waals surface area contributed by atoms with Gasteiger partial charge in [0.05, 0.1) is 6.54 Å². The van der Waals surface area contributed by atoms with Crippen molar-refractivity contribution in [3.63, 3.8) is 0 Å². The Balaban J connectivity index is 2.37. The fourth-order valence-electron chi connectivity index (χ4n) is 1.53. The van der Waals surface area contributed by atoms with Crippen molar-refractivity contribution in [2.24, 2.45) is 5.92 Å². The molecule has 0 aromatic heterocycles. The van der Waals surface area contributed by atoms with Crippen LogP contribution < -0.4 is 0 Å². The van der Waals surface area contributed by atoms with Crippen molar-refractivity contribution in [2.75, 3.05) is 19.6 Å². The lowest BCUT2D eigenvalue weighted by Crippen LogP contribution is -2.26. The van der Waals surface area contributed by atoms with Gasteiger partial charge in [0.25, 0.3) is 0 Å². The number of rotatable bonds is 4. The van der Waals surface area contributed by atoms with Crippen LogP contribution in [0.1, 0.15) is 33.6 Å². The van der Waals surface area contributed by atoms with E-state index < -0.39 is 5.60 Å². The number of hydrogen-bond donors (Lipinski definition) is 1. The normalized spacial score (nSPS) is 20.1. The molecule has 0 heterocycles. The second-order valence-electron chi connectivity index (χ2n) is 4.18. The molecule has 14 heavy (non-hydrogen) atoms. The van der Waals surface area contributed by atoms with Gasteiger partial charge < -0.3 is 5.11 Å². The average molecular weight is 195 g/mol. The minimum Gasteiger partial charge on any atom is -0.378 e. The molecule has 1 aliphatic rings. The highest BCUT2D eigenvalue weighted by molar-refractivity contribution is 5.17. The van der Waals surface area contributed by atoms with Gasteiger partial charge in [-0.3, -0.25) is 4.90 Å². The smallest absolute Gasteiger partial charge is 0.125 e. The lowest BCUT2D eigenvalue weighted by atomic mass is 10.0. The molecule has 1 aliphatic carbocycles. The minimum atomic E-state index is -0.743. The van der Waals surface area contributed by atoms with E-state index in [9.17, 15) is 5.11 Å². The Morgan fingerprint density at radius 3 is 2.36 bits per heavy atom. The zero-order chi connectivity index (χ0) is 10.6. The molecule has 80 valence electrons. The summed E-state index contributed by atoms with van der Waals surface area (Å²) in [6, 6.07) is 0. The molecule has 0 amide bonds. The molecule has 1 atom stereocenters. The maximum absolute atomic E-state index is 9.92. The van der Waals surface area contributed by atoms with Gasteiger partial charge in [-0.1, -0.05) is 25.7 Å². The Morgan fingerprint density at radius 2 is 1.93 bits per heavy atom. The molecule has 0 aromatic rings. The van der Waals surface area contributed by atoms with E-state index in [-0.39, 0.29) is 0 Å². The number of aliphatic hydroxyl groups is 1. The maximum Gasteiger partial charge on any atom is 0.125 e. The summed E-state index contributed by atoms with van der Waals surface area (Å²) in [4.78, 5) is 2.25. The summed E-state index contributed by atoms with van der Waals surface area (Å²) in [5.41, 5.74) is -0.743. The van der Waals surface area contributed by atoms with E-state index >= 15 is 0 Å². The summed E-state index contributed by atoms with van der Waals surface area (Å²) < 4.78 is 0. The maximum atomic E-state index is 9.92. The van der Waals surface area contributed by atoms with Crippen molar-refractivity contribution in [1.82, 2.24) is 4.90 Å². The molecule has 0 unspecified atom stereocenters. The third kappa shape index (κ3) is 3.32. The monoisotopic (exact) mass is 195 g/mol. The van der Waals surface area contributed by atoms with Crippen LogP contribution in [0.2, 0.25) is 0 Å². The van der Waals surface area contributed by atoms with Gasteiger partial charge in [-0.25, -0.2) is 0 Å². The molecule has 0 bridgehead atoms. The molecule has 1 N–H and O–H groups in total. The predicted molar refractivity (Wildman–Crippen MR) is 58.9 cm³/mol. The Hall–Kier alpha value is -0.520. The van der Waals surface area contributed by atoms with Gasteiger partial charge in [0.15, 0.2) is 0 Å². The van der Waals surface area contributed by atoms with Gasteiger partial charge in [0, 0.05) is 0 Å². The van der Waals surface area contributed by atoms with Crippen LogP contribution in [0.3, 0.4) is 0 Å². The van der Waals surface area contributed by atoms with E-state index in [0.29, 0.717) is 5.92 Å². The van der Waals surface area contributed by atoms with Crippen LogP contribution in [0.4, 0.5) is 0 Å². The Bertz CT molecular complexity index is 228. The molecule has 2 nitrogen and oxygen atoms in total. The fourth-order valence-corrected chi connectivity index (χ4v) is 1.53. The highest BCUT2D eigenvalue weighted by atomic mass is 16.3. The summed E-state index contributed by atoms with van der Waals surface area (Å²) in [7, 11) is 0. The largest absolute Gasteiger partial charge is 0.378 e. The summed E-state index contributed by atoms with van der Waals surface area (Å²) >= 11 is 0. The van der Waals surface area contributed by atoms with Crippen LogP contribution in [0.5, 0.6) is 0 Å². The zero-order valence-corrected chi connectivity index (χ0v) is 9.51. The number of hydrogen-bond acceptors (Lipinski definition) is 2. The van der Waals surface area contributed by atoms with E-state index in [1.807, 2.05) is 6.92 Å². The molecule has 1 fully saturated rings. The lowest BCUT2D eigenvalue weighted by Gasteiger charge is -2.16. The molecule has 0 radical (unpaired) electrons. The van der Waals surface area contributed by atoms with Crippen LogP contribution in [-0.4, -0.2) is 35.2 Å². The van der Waals surface area contributed by atoms with Crippen LogP contribution in [0.15, 0.2) is 0 Å². The first-order valence-electron chi connectivity index (χ1n) is 5.55. The van der Waals surface area contributed by atoms with E-state index in [0.717, 1.165) is 32.5 Å². The zero-order valence-electron chi connectivity index (χ0n) is 9.51. The first-order chi connectivity index (χ1) is 6.60. The summed E-state index contributed by atoms with van der Waals surface area (Å²) in [5, 5.41) is 9.92. The van der Waals surface area contributed by atoms with Crippen molar-refractivity contribution < 1.29 is 5.11 Å². The predicted octanol–water partition coefficient (Wildman–Crippen LogP) is 1.49. The summed E-state index contributed by atoms with van der Waals surface area (Å²) in [5.74, 6) is 6.48. The van der Waals surface area contributed by atoms with Crippen molar-refractivity contribution >= 4 is 0 Å². The summed E-state index contributed by atoms with van der Waals surface area (Å²) in [6.45, 7) is 8.91. The van der Waals surface area contributed by atoms with E-state index in [4.69, 9.17) is 0 Å². The van der Waals surface area contributed by atoms with E-state index in [2.05, 4.69) is 30.6 Å². The second kappa shape index (κ2) is 4.82. The third-order valence-electron chi connectivity index (χ3n) is 2.91.